The number of hydrogen-bond acceptors (Lipinski definition) is 3. The summed E-state index contributed by atoms with van der Waals surface area (Å²) < 4.78 is 0. The maximum Gasteiger partial charge on any atom is 0.226 e. The van der Waals surface area contributed by atoms with Crippen LogP contribution >= 0.6 is 0 Å². The number of phenols is 1. The van der Waals surface area contributed by atoms with Crippen molar-refractivity contribution in [2.75, 3.05) is 7.05 Å². The van der Waals surface area contributed by atoms with Gasteiger partial charge in [-0.25, -0.2) is 0 Å². The van der Waals surface area contributed by atoms with Crippen LogP contribution in [0.25, 0.3) is 0 Å². The molecule has 108 valence electrons. The van der Waals surface area contributed by atoms with E-state index in [9.17, 15) is 9.90 Å². The number of carbonyl (C=O) groups excluding carboxylic acids is 1. The molecule has 0 spiro atoms. The molecule has 0 aromatic heterocycles. The Morgan fingerprint density at radius 3 is 2.70 bits per heavy atom. The number of benzene rings is 1. The molecule has 4 nitrogen and oxygen atoms in total. The van der Waals surface area contributed by atoms with Gasteiger partial charge in [0.05, 0.1) is 6.42 Å². The molecular weight excluding hydrogens is 252 g/mol. The van der Waals surface area contributed by atoms with Crippen LogP contribution in [0.15, 0.2) is 24.3 Å². The smallest absolute Gasteiger partial charge is 0.226 e. The zero-order valence-electron chi connectivity index (χ0n) is 11.9. The zero-order chi connectivity index (χ0) is 14.1. The van der Waals surface area contributed by atoms with Crippen molar-refractivity contribution in [3.05, 3.63) is 29.8 Å². The number of carbonyl (C=O) groups is 1. The summed E-state index contributed by atoms with van der Waals surface area (Å²) >= 11 is 0. The van der Waals surface area contributed by atoms with Crippen molar-refractivity contribution in [1.29, 1.82) is 0 Å². The lowest BCUT2D eigenvalue weighted by molar-refractivity contribution is -0.131. The van der Waals surface area contributed by atoms with Crippen molar-refractivity contribution in [2.45, 2.75) is 50.2 Å². The van der Waals surface area contributed by atoms with Gasteiger partial charge in [0.1, 0.15) is 5.75 Å². The van der Waals surface area contributed by atoms with Gasteiger partial charge in [0.2, 0.25) is 5.91 Å². The van der Waals surface area contributed by atoms with Crippen LogP contribution in [0.2, 0.25) is 0 Å². The molecule has 3 rings (SSSR count). The first-order valence-corrected chi connectivity index (χ1v) is 7.41. The quantitative estimate of drug-likeness (QED) is 0.881. The number of likely N-dealkylation sites (N-methyl/N-ethyl adjacent to an activating group) is 1. The number of hydrogen-bond donors (Lipinski definition) is 2. The van der Waals surface area contributed by atoms with Crippen molar-refractivity contribution in [3.63, 3.8) is 0 Å². The molecule has 2 saturated heterocycles. The molecule has 4 heteroatoms. The van der Waals surface area contributed by atoms with E-state index in [1.165, 1.54) is 12.8 Å². The first kappa shape index (κ1) is 13.4. The van der Waals surface area contributed by atoms with Crippen molar-refractivity contribution in [1.82, 2.24) is 10.2 Å². The molecule has 2 aliphatic rings. The Balaban J connectivity index is 1.62. The standard InChI is InChI=1S/C16H22N2O2/c1-18(14-9-12-5-6-13(10-14)17-12)16(20)8-11-3-2-4-15(19)7-11/h2-4,7,12-14,17,19H,5-6,8-10H2,1H3. The van der Waals surface area contributed by atoms with Gasteiger partial charge in [-0.3, -0.25) is 4.79 Å². The minimum atomic E-state index is 0.141. The number of amides is 1. The Hall–Kier alpha value is -1.55. The number of aromatic hydroxyl groups is 1. The molecule has 0 radical (unpaired) electrons. The predicted octanol–water partition coefficient (Wildman–Crippen LogP) is 1.68. The highest BCUT2D eigenvalue weighted by atomic mass is 16.3. The van der Waals surface area contributed by atoms with Gasteiger partial charge in [-0.2, -0.15) is 0 Å². The maximum absolute atomic E-state index is 12.4. The number of fused-ring (bicyclic) bond motifs is 2. The molecule has 2 heterocycles. The van der Waals surface area contributed by atoms with Crippen LogP contribution < -0.4 is 5.32 Å². The van der Waals surface area contributed by atoms with Crippen LogP contribution in [-0.4, -0.2) is 41.1 Å². The Morgan fingerprint density at radius 1 is 1.35 bits per heavy atom. The van der Waals surface area contributed by atoms with E-state index in [-0.39, 0.29) is 11.7 Å². The van der Waals surface area contributed by atoms with Crippen LogP contribution in [0.4, 0.5) is 0 Å². The third-order valence-electron chi connectivity index (χ3n) is 4.66. The van der Waals surface area contributed by atoms with E-state index in [2.05, 4.69) is 5.32 Å². The van der Waals surface area contributed by atoms with Crippen LogP contribution in [0.1, 0.15) is 31.2 Å². The number of piperidine rings is 1. The van der Waals surface area contributed by atoms with E-state index in [0.29, 0.717) is 24.5 Å². The molecule has 2 N–H and O–H groups in total. The molecule has 1 aromatic carbocycles. The number of rotatable bonds is 3. The minimum absolute atomic E-state index is 0.141. The second kappa shape index (κ2) is 5.44. The molecule has 2 atom stereocenters. The van der Waals surface area contributed by atoms with Gasteiger partial charge in [0.25, 0.3) is 0 Å². The fourth-order valence-corrected chi connectivity index (χ4v) is 3.51. The van der Waals surface area contributed by atoms with Gasteiger partial charge in [0, 0.05) is 25.2 Å². The summed E-state index contributed by atoms with van der Waals surface area (Å²) in [5, 5.41) is 13.1. The van der Waals surface area contributed by atoms with E-state index >= 15 is 0 Å². The molecule has 2 fully saturated rings. The molecular formula is C16H22N2O2. The fraction of sp³-hybridized carbons (Fsp3) is 0.562. The van der Waals surface area contributed by atoms with Crippen LogP contribution in [0, 0.1) is 0 Å². The van der Waals surface area contributed by atoms with Crippen molar-refractivity contribution in [3.8, 4) is 5.75 Å². The maximum atomic E-state index is 12.4. The SMILES string of the molecule is CN(C(=O)Cc1cccc(O)c1)C1CC2CCC(C1)N2. The highest BCUT2D eigenvalue weighted by Gasteiger charge is 2.36. The van der Waals surface area contributed by atoms with E-state index in [0.717, 1.165) is 18.4 Å². The first-order valence-electron chi connectivity index (χ1n) is 7.41. The van der Waals surface area contributed by atoms with Gasteiger partial charge in [-0.15, -0.1) is 0 Å². The topological polar surface area (TPSA) is 52.6 Å². The van der Waals surface area contributed by atoms with Crippen molar-refractivity contribution < 1.29 is 9.90 Å². The lowest BCUT2D eigenvalue weighted by Crippen LogP contribution is -2.49. The lowest BCUT2D eigenvalue weighted by atomic mass is 9.98. The van der Waals surface area contributed by atoms with E-state index in [1.807, 2.05) is 18.0 Å². The molecule has 2 bridgehead atoms. The largest absolute Gasteiger partial charge is 0.508 e. The molecule has 0 saturated carbocycles. The summed E-state index contributed by atoms with van der Waals surface area (Å²) in [6, 6.07) is 8.50. The summed E-state index contributed by atoms with van der Waals surface area (Å²) in [6.45, 7) is 0. The normalized spacial score (nSPS) is 28.4. The summed E-state index contributed by atoms with van der Waals surface area (Å²) in [5.41, 5.74) is 0.874. The molecule has 20 heavy (non-hydrogen) atoms. The highest BCUT2D eigenvalue weighted by molar-refractivity contribution is 5.79. The molecule has 2 aliphatic heterocycles. The summed E-state index contributed by atoms with van der Waals surface area (Å²) in [6.07, 6.45) is 4.99. The van der Waals surface area contributed by atoms with Crippen molar-refractivity contribution >= 4 is 5.91 Å². The third kappa shape index (κ3) is 2.80. The molecule has 2 unspecified atom stereocenters. The van der Waals surface area contributed by atoms with E-state index in [4.69, 9.17) is 0 Å². The summed E-state index contributed by atoms with van der Waals surface area (Å²) in [4.78, 5) is 14.3. The Kier molecular flexibility index (Phi) is 3.66. The highest BCUT2D eigenvalue weighted by Crippen LogP contribution is 2.29. The average molecular weight is 274 g/mol. The van der Waals surface area contributed by atoms with E-state index < -0.39 is 0 Å². The van der Waals surface area contributed by atoms with Gasteiger partial charge in [-0.05, 0) is 43.4 Å². The summed E-state index contributed by atoms with van der Waals surface area (Å²) in [5.74, 6) is 0.361. The Morgan fingerprint density at radius 2 is 2.05 bits per heavy atom. The second-order valence-electron chi connectivity index (χ2n) is 6.11. The first-order chi connectivity index (χ1) is 9.61. The zero-order valence-corrected chi connectivity index (χ0v) is 11.9. The number of nitrogens with zero attached hydrogens (tertiary/aromatic N) is 1. The number of phenolic OH excluding ortho intramolecular Hbond substituents is 1. The fourth-order valence-electron chi connectivity index (χ4n) is 3.51. The van der Waals surface area contributed by atoms with Crippen molar-refractivity contribution in [2.24, 2.45) is 0 Å². The van der Waals surface area contributed by atoms with Gasteiger partial charge in [0.15, 0.2) is 0 Å². The second-order valence-corrected chi connectivity index (χ2v) is 6.11. The Bertz CT molecular complexity index is 491. The van der Waals surface area contributed by atoms with Crippen LogP contribution in [0.5, 0.6) is 5.75 Å². The average Bonchev–Trinajstić information content (AvgIpc) is 2.76. The van der Waals surface area contributed by atoms with Gasteiger partial charge >= 0.3 is 0 Å². The molecule has 1 amide bonds. The van der Waals surface area contributed by atoms with E-state index in [1.54, 1.807) is 18.2 Å². The third-order valence-corrected chi connectivity index (χ3v) is 4.66. The van der Waals surface area contributed by atoms with Gasteiger partial charge in [-0.1, -0.05) is 12.1 Å². The monoisotopic (exact) mass is 274 g/mol. The lowest BCUT2D eigenvalue weighted by Gasteiger charge is -2.35. The van der Waals surface area contributed by atoms with Crippen LogP contribution in [-0.2, 0) is 11.2 Å². The molecule has 0 aliphatic carbocycles. The van der Waals surface area contributed by atoms with Gasteiger partial charge < -0.3 is 15.3 Å². The minimum Gasteiger partial charge on any atom is -0.508 e. The molecule has 1 aromatic rings. The predicted molar refractivity (Wildman–Crippen MR) is 77.5 cm³/mol. The number of nitrogens with one attached hydrogen (secondary N) is 1. The Labute approximate surface area is 119 Å². The van der Waals surface area contributed by atoms with Crippen LogP contribution in [0.3, 0.4) is 0 Å². The summed E-state index contributed by atoms with van der Waals surface area (Å²) in [7, 11) is 1.92.